The number of carbonyl (C=O) groups excluding carboxylic acids is 1. The lowest BCUT2D eigenvalue weighted by Gasteiger charge is -2.19. The van der Waals surface area contributed by atoms with Crippen molar-refractivity contribution in [2.75, 3.05) is 11.4 Å². The molecule has 110 valence electrons. The number of carbonyl (C=O) groups is 1. The maximum absolute atomic E-state index is 12.2. The van der Waals surface area contributed by atoms with Crippen LogP contribution < -0.4 is 4.90 Å². The van der Waals surface area contributed by atoms with Crippen LogP contribution in [0.3, 0.4) is 0 Å². The molecular formula is C17H24BrNO. The summed E-state index contributed by atoms with van der Waals surface area (Å²) in [5, 5.41) is 0. The second-order valence-electron chi connectivity index (χ2n) is 6.26. The molecule has 0 unspecified atom stereocenters. The maximum atomic E-state index is 12.2. The largest absolute Gasteiger partial charge is 0.312 e. The fourth-order valence-corrected chi connectivity index (χ4v) is 3.10. The topological polar surface area (TPSA) is 20.3 Å². The van der Waals surface area contributed by atoms with Gasteiger partial charge in [-0.25, -0.2) is 0 Å². The number of rotatable bonds is 5. The van der Waals surface area contributed by atoms with Crippen molar-refractivity contribution >= 4 is 27.5 Å². The van der Waals surface area contributed by atoms with Crippen molar-refractivity contribution in [1.29, 1.82) is 0 Å². The summed E-state index contributed by atoms with van der Waals surface area (Å²) in [6.07, 6.45) is 4.73. The molecule has 1 heterocycles. The van der Waals surface area contributed by atoms with Gasteiger partial charge in [0.25, 0.3) is 0 Å². The Morgan fingerprint density at radius 3 is 2.80 bits per heavy atom. The van der Waals surface area contributed by atoms with Crippen LogP contribution in [-0.2, 0) is 17.6 Å². The minimum Gasteiger partial charge on any atom is -0.312 e. The molecule has 1 aliphatic rings. The molecule has 2 nitrogen and oxygen atoms in total. The number of benzene rings is 1. The molecule has 0 saturated carbocycles. The lowest BCUT2D eigenvalue weighted by Crippen LogP contribution is -2.28. The second-order valence-corrected chi connectivity index (χ2v) is 8.40. The van der Waals surface area contributed by atoms with Gasteiger partial charge < -0.3 is 4.90 Å². The Kier molecular flexibility index (Phi) is 4.90. The van der Waals surface area contributed by atoms with E-state index in [1.165, 1.54) is 11.1 Å². The summed E-state index contributed by atoms with van der Waals surface area (Å²) in [7, 11) is 0. The number of unbranched alkanes of at least 4 members (excludes halogenated alkanes) is 1. The van der Waals surface area contributed by atoms with E-state index in [4.69, 9.17) is 0 Å². The Bertz CT molecular complexity index is 490. The van der Waals surface area contributed by atoms with Gasteiger partial charge >= 0.3 is 0 Å². The molecule has 0 atom stereocenters. The summed E-state index contributed by atoms with van der Waals surface area (Å²) in [6, 6.07) is 6.55. The van der Waals surface area contributed by atoms with Gasteiger partial charge in [0.15, 0.2) is 0 Å². The van der Waals surface area contributed by atoms with E-state index >= 15 is 0 Å². The van der Waals surface area contributed by atoms with Gasteiger partial charge in [-0.2, -0.15) is 0 Å². The molecule has 1 aromatic carbocycles. The summed E-state index contributed by atoms with van der Waals surface area (Å²) < 4.78 is 0.122. The molecule has 0 fully saturated rings. The quantitative estimate of drug-likeness (QED) is 0.725. The van der Waals surface area contributed by atoms with E-state index in [1.807, 2.05) is 4.90 Å². The van der Waals surface area contributed by atoms with Crippen LogP contribution in [0.15, 0.2) is 18.2 Å². The van der Waals surface area contributed by atoms with Crippen LogP contribution in [0.1, 0.15) is 51.2 Å². The Balaban J connectivity index is 2.12. The maximum Gasteiger partial charge on any atom is 0.226 e. The SMILES string of the molecule is CCCCC(=O)N1CCc2cc(CC(C)(C)Br)ccc21. The van der Waals surface area contributed by atoms with Gasteiger partial charge in [-0.15, -0.1) is 0 Å². The molecular weight excluding hydrogens is 314 g/mol. The normalized spacial score (nSPS) is 14.5. The van der Waals surface area contributed by atoms with Crippen LogP contribution in [-0.4, -0.2) is 16.8 Å². The van der Waals surface area contributed by atoms with Gasteiger partial charge in [0, 0.05) is 23.0 Å². The van der Waals surface area contributed by atoms with Crippen LogP contribution in [0.5, 0.6) is 0 Å². The minimum absolute atomic E-state index is 0.122. The first-order valence-corrected chi connectivity index (χ1v) is 8.31. The first kappa shape index (κ1) is 15.6. The highest BCUT2D eigenvalue weighted by Crippen LogP contribution is 2.31. The molecule has 0 aromatic heterocycles. The predicted octanol–water partition coefficient (Wildman–Crippen LogP) is 4.48. The molecule has 20 heavy (non-hydrogen) atoms. The summed E-state index contributed by atoms with van der Waals surface area (Å²) in [6.45, 7) is 7.33. The van der Waals surface area contributed by atoms with E-state index in [9.17, 15) is 4.79 Å². The summed E-state index contributed by atoms with van der Waals surface area (Å²) in [4.78, 5) is 14.2. The number of fused-ring (bicyclic) bond motifs is 1. The number of amides is 1. The first-order valence-electron chi connectivity index (χ1n) is 7.52. The molecule has 0 N–H and O–H groups in total. The lowest BCUT2D eigenvalue weighted by atomic mass is 10.00. The van der Waals surface area contributed by atoms with Gasteiger partial charge in [-0.1, -0.05) is 41.4 Å². The molecule has 0 radical (unpaired) electrons. The van der Waals surface area contributed by atoms with Gasteiger partial charge in [0.05, 0.1) is 0 Å². The van der Waals surface area contributed by atoms with Crippen molar-refractivity contribution in [1.82, 2.24) is 0 Å². The van der Waals surface area contributed by atoms with E-state index < -0.39 is 0 Å². The molecule has 0 spiro atoms. The number of alkyl halides is 1. The first-order chi connectivity index (χ1) is 9.40. The fraction of sp³-hybridized carbons (Fsp3) is 0.588. The highest BCUT2D eigenvalue weighted by Gasteiger charge is 2.24. The highest BCUT2D eigenvalue weighted by molar-refractivity contribution is 9.10. The molecule has 2 rings (SSSR count). The third-order valence-corrected chi connectivity index (χ3v) is 3.99. The number of nitrogens with zero attached hydrogens (tertiary/aromatic N) is 1. The number of hydrogen-bond acceptors (Lipinski definition) is 1. The fourth-order valence-electron chi connectivity index (χ4n) is 2.77. The van der Waals surface area contributed by atoms with Crippen molar-refractivity contribution in [3.63, 3.8) is 0 Å². The zero-order chi connectivity index (χ0) is 14.8. The van der Waals surface area contributed by atoms with E-state index in [-0.39, 0.29) is 10.2 Å². The van der Waals surface area contributed by atoms with Crippen LogP contribution in [0.4, 0.5) is 5.69 Å². The van der Waals surface area contributed by atoms with Crippen LogP contribution in [0, 0.1) is 0 Å². The van der Waals surface area contributed by atoms with Crippen LogP contribution >= 0.6 is 15.9 Å². The third-order valence-electron chi connectivity index (χ3n) is 3.71. The zero-order valence-electron chi connectivity index (χ0n) is 12.7. The van der Waals surface area contributed by atoms with E-state index in [2.05, 4.69) is 54.9 Å². The average Bonchev–Trinajstić information content (AvgIpc) is 2.77. The molecule has 0 bridgehead atoms. The van der Waals surface area contributed by atoms with E-state index in [1.54, 1.807) is 0 Å². The van der Waals surface area contributed by atoms with Gasteiger partial charge in [0.1, 0.15) is 0 Å². The Labute approximate surface area is 130 Å². The minimum atomic E-state index is 0.122. The summed E-state index contributed by atoms with van der Waals surface area (Å²) in [5.74, 6) is 0.277. The predicted molar refractivity (Wildman–Crippen MR) is 88.7 cm³/mol. The van der Waals surface area contributed by atoms with Gasteiger partial charge in [-0.05, 0) is 50.3 Å². The summed E-state index contributed by atoms with van der Waals surface area (Å²) in [5.41, 5.74) is 3.79. The molecule has 1 aliphatic heterocycles. The van der Waals surface area contributed by atoms with Crippen molar-refractivity contribution in [3.05, 3.63) is 29.3 Å². The lowest BCUT2D eigenvalue weighted by molar-refractivity contribution is -0.118. The second kappa shape index (κ2) is 6.30. The van der Waals surface area contributed by atoms with Crippen molar-refractivity contribution in [2.24, 2.45) is 0 Å². The van der Waals surface area contributed by atoms with Crippen LogP contribution in [0.2, 0.25) is 0 Å². The van der Waals surface area contributed by atoms with Gasteiger partial charge in [-0.3, -0.25) is 4.79 Å². The monoisotopic (exact) mass is 337 g/mol. The Morgan fingerprint density at radius 2 is 2.15 bits per heavy atom. The van der Waals surface area contributed by atoms with Crippen LogP contribution in [0.25, 0.3) is 0 Å². The number of halogens is 1. The van der Waals surface area contributed by atoms with Crippen molar-refractivity contribution in [3.8, 4) is 0 Å². The smallest absolute Gasteiger partial charge is 0.226 e. The molecule has 1 aromatic rings. The third kappa shape index (κ3) is 3.85. The molecule has 3 heteroatoms. The molecule has 0 aliphatic carbocycles. The zero-order valence-corrected chi connectivity index (χ0v) is 14.3. The van der Waals surface area contributed by atoms with E-state index in [0.717, 1.165) is 37.9 Å². The summed E-state index contributed by atoms with van der Waals surface area (Å²) >= 11 is 3.69. The number of anilines is 1. The van der Waals surface area contributed by atoms with Crippen molar-refractivity contribution < 1.29 is 4.79 Å². The average molecular weight is 338 g/mol. The van der Waals surface area contributed by atoms with Gasteiger partial charge in [0.2, 0.25) is 5.91 Å². The Hall–Kier alpha value is -0.830. The molecule has 0 saturated heterocycles. The standard InChI is InChI=1S/C17H24BrNO/c1-4-5-6-16(20)19-10-9-14-11-13(7-8-15(14)19)12-17(2,3)18/h7-8,11H,4-6,9-10,12H2,1-3H3. The number of hydrogen-bond donors (Lipinski definition) is 0. The Morgan fingerprint density at radius 1 is 1.40 bits per heavy atom. The highest BCUT2D eigenvalue weighted by atomic mass is 79.9. The molecule has 1 amide bonds. The van der Waals surface area contributed by atoms with E-state index in [0.29, 0.717) is 6.42 Å². The van der Waals surface area contributed by atoms with Crippen molar-refractivity contribution in [2.45, 2.75) is 57.2 Å².